The van der Waals surface area contributed by atoms with Gasteiger partial charge in [0, 0.05) is 75.4 Å². The number of benzene rings is 21. The van der Waals surface area contributed by atoms with E-state index in [1.165, 1.54) is 235 Å². The summed E-state index contributed by atoms with van der Waals surface area (Å²) in [6.45, 7) is 6.90. The third-order valence-corrected chi connectivity index (χ3v) is 27.7. The topological polar surface area (TPSA) is 26.4 Å². The van der Waals surface area contributed by atoms with Crippen molar-refractivity contribution in [2.24, 2.45) is 0 Å². The van der Waals surface area contributed by atoms with Crippen LogP contribution >= 0.6 is 0 Å². The van der Waals surface area contributed by atoms with E-state index in [2.05, 4.69) is 410 Å². The maximum Gasteiger partial charge on any atom is 0.135 e. The van der Waals surface area contributed by atoms with Gasteiger partial charge in [-0.15, -0.1) is 0 Å². The standard InChI is InChI=1S/C118H71N3O/c1-118(2,3)90-37-34-67(35-38-90)86-53-101-94-46-69-20-10-14-27-76(69)63-110(94)121-112-65-93-89(59-99(112)102(54-86)117(101)121)45-84(77-32-33-78-50-98-104-56-87(79-36-39-114-100(51-79)91-30-15-16-31-113(91)122-114)55-103-95-47-70-21-7-13-26-75(70)62-109(95)120(115(103)104)111(98)64-85(78)41-77)52-92(93)80-29-17-28-68(40-80)82-42-81(66-18-5-4-6-19-66)43-83(44-82)88-57-105-96-48-71-22-8-11-24-73(71)60-107(96)119-108-61-74-25-12-9-23-72(74)49-97(108)106(58-88)116(105)119/h4-65H,1-3H3. The van der Waals surface area contributed by atoms with Gasteiger partial charge in [0.05, 0.1) is 49.7 Å². The molecule has 0 bridgehead atoms. The first-order valence-corrected chi connectivity index (χ1v) is 42.6. The van der Waals surface area contributed by atoms with Crippen molar-refractivity contribution in [2.45, 2.75) is 26.2 Å². The van der Waals surface area contributed by atoms with Crippen molar-refractivity contribution < 1.29 is 4.42 Å². The number of furan rings is 1. The first kappa shape index (κ1) is 66.4. The SMILES string of the molecule is CC(C)(C)c1ccc(-c2cc3c4cc5ccccc5cc4n4c5cc6c(-c7cccc(-c8cc(-c9ccccc9)cc(-c9cc%10c%11cc%12ccccc%12cc%11n%11c%12cc%13ccccc%13cc%12c(c9)c%10%11)c8)c7)cc(-c7ccc8cc9c%10cc(-c%11ccc%12oc%13ccccc%13c%12c%11)cc%11c%12cc%13ccccc%13cc%12n(c9cc8c7)c%11%10)cc6cc5c(c2)c34)cc1. The van der Waals surface area contributed by atoms with E-state index in [1.54, 1.807) is 0 Å². The van der Waals surface area contributed by atoms with Crippen molar-refractivity contribution >= 4 is 201 Å². The summed E-state index contributed by atoms with van der Waals surface area (Å²) in [7, 11) is 0. The summed E-state index contributed by atoms with van der Waals surface area (Å²) in [5, 5.41) is 32.0. The molecule has 4 heteroatoms. The van der Waals surface area contributed by atoms with Crippen LogP contribution in [0.15, 0.2) is 381 Å². The summed E-state index contributed by atoms with van der Waals surface area (Å²) < 4.78 is 14.1. The van der Waals surface area contributed by atoms with Gasteiger partial charge in [0.2, 0.25) is 0 Å². The number of nitrogens with zero attached hydrogens (tertiary/aromatic N) is 3. The van der Waals surface area contributed by atoms with Crippen LogP contribution in [0, 0.1) is 0 Å². The molecule has 0 aliphatic rings. The van der Waals surface area contributed by atoms with Gasteiger partial charge in [-0.1, -0.05) is 227 Å². The third-order valence-electron chi connectivity index (χ3n) is 27.7. The molecule has 0 aliphatic heterocycles. The van der Waals surface area contributed by atoms with Crippen molar-refractivity contribution in [3.63, 3.8) is 0 Å². The van der Waals surface area contributed by atoms with Crippen LogP contribution in [0.1, 0.15) is 26.3 Å². The van der Waals surface area contributed by atoms with Crippen LogP contribution in [0.3, 0.4) is 0 Å². The van der Waals surface area contributed by atoms with Gasteiger partial charge in [-0.25, -0.2) is 0 Å². The molecule has 0 saturated carbocycles. The van der Waals surface area contributed by atoms with Gasteiger partial charge < -0.3 is 17.6 Å². The highest BCUT2D eigenvalue weighted by molar-refractivity contribution is 6.31. The van der Waals surface area contributed by atoms with E-state index in [0.717, 1.165) is 49.8 Å². The molecular weight excluding hydrogens is 1480 g/mol. The molecule has 0 aliphatic carbocycles. The van der Waals surface area contributed by atoms with Crippen LogP contribution in [0.2, 0.25) is 0 Å². The smallest absolute Gasteiger partial charge is 0.135 e. The molecular formula is C118H71N3O. The molecule has 7 aromatic heterocycles. The Bertz CT molecular complexity index is 9370. The normalized spacial score (nSPS) is 12.7. The maximum atomic E-state index is 6.39. The fourth-order valence-electron chi connectivity index (χ4n) is 21.8. The molecule has 564 valence electrons. The van der Waals surface area contributed by atoms with Crippen molar-refractivity contribution in [1.29, 1.82) is 0 Å². The average molecular weight is 1550 g/mol. The Balaban J connectivity index is 0.671. The van der Waals surface area contributed by atoms with Gasteiger partial charge >= 0.3 is 0 Å². The molecule has 0 N–H and O–H groups in total. The second-order valence-electron chi connectivity index (χ2n) is 35.6. The first-order valence-electron chi connectivity index (χ1n) is 42.6. The number of aromatic nitrogens is 3. The van der Waals surface area contributed by atoms with Gasteiger partial charge in [-0.3, -0.25) is 0 Å². The minimum atomic E-state index is 0.0281. The van der Waals surface area contributed by atoms with Crippen LogP contribution < -0.4 is 0 Å². The van der Waals surface area contributed by atoms with Crippen LogP contribution in [0.5, 0.6) is 0 Å². The fourth-order valence-corrected chi connectivity index (χ4v) is 21.8. The molecule has 0 spiro atoms. The van der Waals surface area contributed by atoms with Gasteiger partial charge in [-0.05, 0) is 323 Å². The number of para-hydroxylation sites is 1. The quantitative estimate of drug-likeness (QED) is 0.156. The van der Waals surface area contributed by atoms with E-state index >= 15 is 0 Å². The lowest BCUT2D eigenvalue weighted by Gasteiger charge is -2.19. The molecule has 122 heavy (non-hydrogen) atoms. The summed E-state index contributed by atoms with van der Waals surface area (Å²) in [5.74, 6) is 0. The number of fused-ring (bicyclic) bond motifs is 27. The van der Waals surface area contributed by atoms with Gasteiger partial charge in [0.1, 0.15) is 11.2 Å². The predicted molar refractivity (Wildman–Crippen MR) is 519 cm³/mol. The zero-order valence-corrected chi connectivity index (χ0v) is 67.0. The van der Waals surface area contributed by atoms with Crippen LogP contribution in [-0.2, 0) is 5.41 Å². The Kier molecular flexibility index (Phi) is 13.1. The second-order valence-corrected chi connectivity index (χ2v) is 35.6. The van der Waals surface area contributed by atoms with Crippen LogP contribution in [0.4, 0.5) is 0 Å². The number of rotatable bonds is 7. The van der Waals surface area contributed by atoms with E-state index in [-0.39, 0.29) is 5.41 Å². The Morgan fingerprint density at radius 3 is 0.992 bits per heavy atom. The molecule has 0 radical (unpaired) electrons. The minimum absolute atomic E-state index is 0.0281. The highest BCUT2D eigenvalue weighted by Crippen LogP contribution is 2.51. The second kappa shape index (κ2) is 24.1. The predicted octanol–water partition coefficient (Wildman–Crippen LogP) is 32.9. The van der Waals surface area contributed by atoms with E-state index in [1.807, 2.05) is 0 Å². The molecule has 4 nitrogen and oxygen atoms in total. The van der Waals surface area contributed by atoms with Gasteiger partial charge in [0.15, 0.2) is 0 Å². The molecule has 0 amide bonds. The zero-order valence-electron chi connectivity index (χ0n) is 67.0. The molecule has 28 aromatic rings. The summed E-state index contributed by atoms with van der Waals surface area (Å²) in [6, 6.07) is 144. The monoisotopic (exact) mass is 1550 g/mol. The maximum absolute atomic E-state index is 6.39. The van der Waals surface area contributed by atoms with Crippen LogP contribution in [0.25, 0.3) is 279 Å². The molecule has 21 aromatic carbocycles. The Morgan fingerprint density at radius 2 is 0.484 bits per heavy atom. The zero-order chi connectivity index (χ0) is 79.8. The average Bonchev–Trinajstić information content (AvgIpc) is 1.54. The molecule has 0 atom stereocenters. The van der Waals surface area contributed by atoms with E-state index < -0.39 is 0 Å². The first-order chi connectivity index (χ1) is 60.0. The fraction of sp³-hybridized carbons (Fsp3) is 0.0339. The minimum Gasteiger partial charge on any atom is -0.456 e. The highest BCUT2D eigenvalue weighted by Gasteiger charge is 2.28. The van der Waals surface area contributed by atoms with Crippen LogP contribution in [-0.4, -0.2) is 13.2 Å². The Labute approximate surface area is 699 Å². The molecule has 28 rings (SSSR count). The van der Waals surface area contributed by atoms with Crippen molar-refractivity contribution in [3.8, 4) is 77.9 Å². The number of hydrogen-bond donors (Lipinski definition) is 0. The molecule has 0 fully saturated rings. The number of hydrogen-bond acceptors (Lipinski definition) is 1. The molecule has 0 unspecified atom stereocenters. The van der Waals surface area contributed by atoms with E-state index in [0.29, 0.717) is 0 Å². The summed E-state index contributed by atoms with van der Waals surface area (Å²) in [4.78, 5) is 0. The highest BCUT2D eigenvalue weighted by atomic mass is 16.3. The van der Waals surface area contributed by atoms with E-state index in [9.17, 15) is 0 Å². The van der Waals surface area contributed by atoms with E-state index in [4.69, 9.17) is 4.42 Å². The summed E-state index contributed by atoms with van der Waals surface area (Å²) >= 11 is 0. The molecule has 0 saturated heterocycles. The Hall–Kier alpha value is -15.6. The lowest BCUT2D eigenvalue weighted by Crippen LogP contribution is -2.10. The summed E-state index contributed by atoms with van der Waals surface area (Å²) in [6.07, 6.45) is 0. The van der Waals surface area contributed by atoms with Gasteiger partial charge in [0.25, 0.3) is 0 Å². The summed E-state index contributed by atoms with van der Waals surface area (Å²) in [5.41, 5.74) is 30.6. The molecule has 7 heterocycles. The van der Waals surface area contributed by atoms with Crippen molar-refractivity contribution in [3.05, 3.63) is 382 Å². The largest absolute Gasteiger partial charge is 0.456 e. The Morgan fingerprint density at radius 1 is 0.172 bits per heavy atom. The van der Waals surface area contributed by atoms with Crippen molar-refractivity contribution in [2.75, 3.05) is 0 Å². The van der Waals surface area contributed by atoms with Gasteiger partial charge in [-0.2, -0.15) is 0 Å². The third kappa shape index (κ3) is 9.46. The van der Waals surface area contributed by atoms with Crippen molar-refractivity contribution in [1.82, 2.24) is 13.2 Å². The lowest BCUT2D eigenvalue weighted by molar-refractivity contribution is 0.590. The lowest BCUT2D eigenvalue weighted by atomic mass is 9.86.